The first-order valence-electron chi connectivity index (χ1n) is 7.59. The second-order valence-electron chi connectivity index (χ2n) is 5.98. The normalized spacial score (nSPS) is 20.8. The predicted octanol–water partition coefficient (Wildman–Crippen LogP) is 3.47. The molecule has 0 saturated heterocycles. The van der Waals surface area contributed by atoms with Crippen LogP contribution in [0.3, 0.4) is 0 Å². The van der Waals surface area contributed by atoms with Crippen molar-refractivity contribution < 1.29 is 13.2 Å². The molecule has 1 aromatic rings. The molecule has 1 aliphatic heterocycles. The molecule has 0 bridgehead atoms. The van der Waals surface area contributed by atoms with E-state index in [-0.39, 0.29) is 16.9 Å². The molecule has 1 aromatic carbocycles. The van der Waals surface area contributed by atoms with Gasteiger partial charge in [-0.3, -0.25) is 4.90 Å². The van der Waals surface area contributed by atoms with Gasteiger partial charge in [0, 0.05) is 5.69 Å². The van der Waals surface area contributed by atoms with E-state index < -0.39 is 17.4 Å². The first kappa shape index (κ1) is 16.9. The lowest BCUT2D eigenvalue weighted by atomic mass is 9.87. The van der Waals surface area contributed by atoms with E-state index >= 15 is 0 Å². The molecular formula is C15H17ClF3N5. The molecule has 0 amide bonds. The molecule has 5 nitrogen and oxygen atoms in total. The van der Waals surface area contributed by atoms with E-state index in [0.717, 1.165) is 25.3 Å². The maximum absolute atomic E-state index is 12.9. The zero-order valence-electron chi connectivity index (χ0n) is 12.8. The third-order valence-electron chi connectivity index (χ3n) is 4.37. The summed E-state index contributed by atoms with van der Waals surface area (Å²) in [5.41, 5.74) is 10.6. The molecule has 9 heteroatoms. The molecule has 1 heterocycles. The molecule has 1 saturated carbocycles. The number of nitrogens with zero attached hydrogens (tertiary/aromatic N) is 3. The quantitative estimate of drug-likeness (QED) is 0.805. The number of anilines is 1. The lowest BCUT2D eigenvalue weighted by Crippen LogP contribution is -2.58. The zero-order chi connectivity index (χ0) is 17.5. The summed E-state index contributed by atoms with van der Waals surface area (Å²) in [5, 5.41) is -0.388. The molecule has 130 valence electrons. The van der Waals surface area contributed by atoms with Crippen LogP contribution in [0, 0.1) is 0 Å². The minimum atomic E-state index is -4.51. The number of nitrogens with two attached hydrogens (primary N) is 2. The Labute approximate surface area is 142 Å². The van der Waals surface area contributed by atoms with Gasteiger partial charge in [-0.2, -0.15) is 18.2 Å². The Bertz CT molecular complexity index is 708. The SMILES string of the molecule is NC1=NC2(CCCCC2)N(c2ccc(C(F)(F)F)c(Cl)c2)C(N)=N1. The fourth-order valence-corrected chi connectivity index (χ4v) is 3.65. The smallest absolute Gasteiger partial charge is 0.369 e. The highest BCUT2D eigenvalue weighted by atomic mass is 35.5. The van der Waals surface area contributed by atoms with Crippen LogP contribution in [0.4, 0.5) is 18.9 Å². The van der Waals surface area contributed by atoms with Gasteiger partial charge in [-0.1, -0.05) is 18.0 Å². The summed E-state index contributed by atoms with van der Waals surface area (Å²) in [6, 6.07) is 3.54. The van der Waals surface area contributed by atoms with Crippen LogP contribution in [-0.4, -0.2) is 17.6 Å². The first-order chi connectivity index (χ1) is 11.2. The van der Waals surface area contributed by atoms with E-state index in [1.54, 1.807) is 4.90 Å². The van der Waals surface area contributed by atoms with Gasteiger partial charge in [-0.05, 0) is 43.9 Å². The van der Waals surface area contributed by atoms with Crippen molar-refractivity contribution in [1.29, 1.82) is 0 Å². The van der Waals surface area contributed by atoms with Crippen molar-refractivity contribution in [2.45, 2.75) is 43.9 Å². The van der Waals surface area contributed by atoms with Crippen LogP contribution < -0.4 is 16.4 Å². The summed E-state index contributed by atoms with van der Waals surface area (Å²) in [4.78, 5) is 10.1. The second kappa shape index (κ2) is 5.84. The summed E-state index contributed by atoms with van der Waals surface area (Å²) >= 11 is 5.85. The molecule has 4 N–H and O–H groups in total. The Morgan fingerprint density at radius 1 is 1.12 bits per heavy atom. The van der Waals surface area contributed by atoms with Crippen LogP contribution in [0.5, 0.6) is 0 Å². The van der Waals surface area contributed by atoms with Crippen molar-refractivity contribution in [3.05, 3.63) is 28.8 Å². The van der Waals surface area contributed by atoms with Gasteiger partial charge in [0.05, 0.1) is 10.6 Å². The van der Waals surface area contributed by atoms with Gasteiger partial charge < -0.3 is 11.5 Å². The van der Waals surface area contributed by atoms with E-state index in [9.17, 15) is 13.2 Å². The van der Waals surface area contributed by atoms with Crippen molar-refractivity contribution in [1.82, 2.24) is 0 Å². The molecule has 0 radical (unpaired) electrons. The number of alkyl halides is 3. The van der Waals surface area contributed by atoms with Gasteiger partial charge in [0.15, 0.2) is 0 Å². The third kappa shape index (κ3) is 2.90. The van der Waals surface area contributed by atoms with Crippen LogP contribution in [0.1, 0.15) is 37.7 Å². The Morgan fingerprint density at radius 3 is 2.38 bits per heavy atom. The van der Waals surface area contributed by atoms with Crippen LogP contribution in [0.2, 0.25) is 5.02 Å². The lowest BCUT2D eigenvalue weighted by Gasteiger charge is -2.45. The van der Waals surface area contributed by atoms with Crippen LogP contribution >= 0.6 is 11.6 Å². The molecule has 1 aliphatic carbocycles. The number of halogens is 4. The Kier molecular flexibility index (Phi) is 4.11. The van der Waals surface area contributed by atoms with E-state index in [1.165, 1.54) is 12.1 Å². The van der Waals surface area contributed by atoms with Gasteiger partial charge in [0.2, 0.25) is 11.9 Å². The molecule has 1 spiro atoms. The summed E-state index contributed by atoms with van der Waals surface area (Å²) < 4.78 is 38.7. The molecule has 2 aliphatic rings. The van der Waals surface area contributed by atoms with E-state index in [2.05, 4.69) is 9.98 Å². The minimum absolute atomic E-state index is 0.0867. The molecule has 0 unspecified atom stereocenters. The van der Waals surface area contributed by atoms with Gasteiger partial charge >= 0.3 is 6.18 Å². The minimum Gasteiger partial charge on any atom is -0.369 e. The number of rotatable bonds is 1. The fraction of sp³-hybridized carbons (Fsp3) is 0.467. The maximum Gasteiger partial charge on any atom is 0.417 e. The third-order valence-corrected chi connectivity index (χ3v) is 4.68. The molecule has 1 fully saturated rings. The van der Waals surface area contributed by atoms with E-state index in [0.29, 0.717) is 18.5 Å². The average Bonchev–Trinajstić information content (AvgIpc) is 2.45. The van der Waals surface area contributed by atoms with E-state index in [4.69, 9.17) is 23.1 Å². The highest BCUT2D eigenvalue weighted by molar-refractivity contribution is 6.31. The lowest BCUT2D eigenvalue weighted by molar-refractivity contribution is -0.137. The zero-order valence-corrected chi connectivity index (χ0v) is 13.5. The maximum atomic E-state index is 12.9. The highest BCUT2D eigenvalue weighted by Crippen LogP contribution is 2.42. The number of guanidine groups is 2. The fourth-order valence-electron chi connectivity index (χ4n) is 3.37. The van der Waals surface area contributed by atoms with Crippen molar-refractivity contribution in [3.63, 3.8) is 0 Å². The Hall–Kier alpha value is -1.96. The summed E-state index contributed by atoms with van der Waals surface area (Å²) in [7, 11) is 0. The Morgan fingerprint density at radius 2 is 1.79 bits per heavy atom. The van der Waals surface area contributed by atoms with Crippen molar-refractivity contribution in [3.8, 4) is 0 Å². The van der Waals surface area contributed by atoms with E-state index in [1.807, 2.05) is 0 Å². The van der Waals surface area contributed by atoms with Crippen molar-refractivity contribution in [2.75, 3.05) is 4.90 Å². The standard InChI is InChI=1S/C15H17ClF3N5/c16-11-8-9(4-5-10(11)15(17,18)19)24-13(21)22-12(20)23-14(24)6-2-1-3-7-14/h4-5,8H,1-3,6-7H2,(H4,20,21,22,23). The number of aliphatic imine (C=N–C) groups is 2. The van der Waals surface area contributed by atoms with Crippen LogP contribution in [0.15, 0.2) is 28.2 Å². The predicted molar refractivity (Wildman–Crippen MR) is 88.0 cm³/mol. The first-order valence-corrected chi connectivity index (χ1v) is 7.97. The molecule has 3 rings (SSSR count). The average molecular weight is 360 g/mol. The molecular weight excluding hydrogens is 343 g/mol. The highest BCUT2D eigenvalue weighted by Gasteiger charge is 2.43. The monoisotopic (exact) mass is 359 g/mol. The van der Waals surface area contributed by atoms with Crippen molar-refractivity contribution >= 4 is 29.2 Å². The van der Waals surface area contributed by atoms with Gasteiger partial charge in [-0.25, -0.2) is 4.99 Å². The second-order valence-corrected chi connectivity index (χ2v) is 6.39. The molecule has 0 aromatic heterocycles. The van der Waals surface area contributed by atoms with Crippen molar-refractivity contribution in [2.24, 2.45) is 21.5 Å². The summed E-state index contributed by atoms with van der Waals surface area (Å²) in [5.74, 6) is 0.198. The molecule has 0 atom stereocenters. The summed E-state index contributed by atoms with van der Waals surface area (Å²) in [6.07, 6.45) is -0.201. The largest absolute Gasteiger partial charge is 0.417 e. The number of hydrogen-bond acceptors (Lipinski definition) is 5. The van der Waals surface area contributed by atoms with Gasteiger partial charge in [-0.15, -0.1) is 0 Å². The topological polar surface area (TPSA) is 80.0 Å². The van der Waals surface area contributed by atoms with Crippen LogP contribution in [-0.2, 0) is 6.18 Å². The molecule has 24 heavy (non-hydrogen) atoms. The Balaban J connectivity index is 2.06. The van der Waals surface area contributed by atoms with Gasteiger partial charge in [0.25, 0.3) is 0 Å². The number of benzene rings is 1. The van der Waals surface area contributed by atoms with Crippen LogP contribution in [0.25, 0.3) is 0 Å². The van der Waals surface area contributed by atoms with Gasteiger partial charge in [0.1, 0.15) is 5.66 Å². The summed E-state index contributed by atoms with van der Waals surface area (Å²) in [6.45, 7) is 0. The number of hydrogen-bond donors (Lipinski definition) is 2.